The third-order valence-electron chi connectivity index (χ3n) is 5.65. The first kappa shape index (κ1) is 29.8. The number of nitrogens with zero attached hydrogens (tertiary/aromatic N) is 2. The number of alkyl carbamates (subject to hydrolysis) is 1. The van der Waals surface area contributed by atoms with Gasteiger partial charge in [-0.25, -0.2) is 9.78 Å². The highest BCUT2D eigenvalue weighted by Gasteiger charge is 2.26. The lowest BCUT2D eigenvalue weighted by molar-refractivity contribution is -0.119. The van der Waals surface area contributed by atoms with Crippen molar-refractivity contribution in [3.63, 3.8) is 0 Å². The molecule has 40 heavy (non-hydrogen) atoms. The van der Waals surface area contributed by atoms with Crippen molar-refractivity contribution in [2.75, 3.05) is 13.1 Å². The van der Waals surface area contributed by atoms with Crippen LogP contribution in [0.3, 0.4) is 0 Å². The van der Waals surface area contributed by atoms with Crippen LogP contribution in [0.5, 0.6) is 5.75 Å². The summed E-state index contributed by atoms with van der Waals surface area (Å²) in [5.74, 6) is -2.68. The molecule has 12 heteroatoms. The van der Waals surface area contributed by atoms with Gasteiger partial charge in [-0.3, -0.25) is 19.4 Å². The smallest absolute Gasteiger partial charge is 0.407 e. The van der Waals surface area contributed by atoms with Gasteiger partial charge in [-0.05, 0) is 51.3 Å². The Morgan fingerprint density at radius 1 is 0.950 bits per heavy atom. The van der Waals surface area contributed by atoms with Crippen molar-refractivity contribution >= 4 is 34.7 Å². The number of benzene rings is 1. The number of hydrogen-bond donors (Lipinski definition) is 5. The second-order valence-corrected chi connectivity index (χ2v) is 10.1. The zero-order valence-electron chi connectivity index (χ0n) is 22.7. The van der Waals surface area contributed by atoms with E-state index in [4.69, 9.17) is 10.5 Å². The zero-order valence-corrected chi connectivity index (χ0v) is 22.7. The molecule has 0 unspecified atom stereocenters. The van der Waals surface area contributed by atoms with Gasteiger partial charge in [0.05, 0.1) is 0 Å². The number of carbonyl (C=O) groups excluding carboxylic acids is 4. The number of aromatic hydroxyl groups is 1. The fraction of sp³-hybridized carbons (Fsp3) is 0.357. The summed E-state index contributed by atoms with van der Waals surface area (Å²) in [6.45, 7) is 5.87. The summed E-state index contributed by atoms with van der Waals surface area (Å²) in [6.07, 6.45) is 2.11. The maximum atomic E-state index is 13.3. The number of carbonyl (C=O) groups is 4. The first-order chi connectivity index (χ1) is 19.0. The number of aromatic nitrogens is 2. The number of fused-ring (bicyclic) bond motifs is 1. The number of primary amides is 1. The summed E-state index contributed by atoms with van der Waals surface area (Å²) in [5, 5.41) is 18.8. The molecule has 3 aromatic rings. The molecule has 1 atom stereocenters. The van der Waals surface area contributed by atoms with Crippen molar-refractivity contribution in [3.8, 4) is 5.75 Å². The van der Waals surface area contributed by atoms with E-state index in [2.05, 4.69) is 25.9 Å². The molecular weight excluding hydrogens is 516 g/mol. The molecule has 6 N–H and O–H groups in total. The molecule has 0 fully saturated rings. The van der Waals surface area contributed by atoms with Gasteiger partial charge >= 0.3 is 6.09 Å². The van der Waals surface area contributed by atoms with Crippen LogP contribution in [0.1, 0.15) is 60.2 Å². The van der Waals surface area contributed by atoms with Gasteiger partial charge in [-0.2, -0.15) is 0 Å². The average molecular weight is 551 g/mol. The van der Waals surface area contributed by atoms with Gasteiger partial charge in [0.2, 0.25) is 5.91 Å². The molecule has 2 heterocycles. The Morgan fingerprint density at radius 2 is 1.62 bits per heavy atom. The second-order valence-electron chi connectivity index (χ2n) is 10.1. The monoisotopic (exact) mass is 550 g/mol. The highest BCUT2D eigenvalue weighted by molar-refractivity contribution is 6.10. The van der Waals surface area contributed by atoms with E-state index in [0.29, 0.717) is 19.4 Å². The lowest BCUT2D eigenvalue weighted by Gasteiger charge is -2.19. The van der Waals surface area contributed by atoms with Crippen LogP contribution >= 0.6 is 0 Å². The Balaban J connectivity index is 1.69. The van der Waals surface area contributed by atoms with Gasteiger partial charge in [0.1, 0.15) is 22.9 Å². The van der Waals surface area contributed by atoms with Crippen LogP contribution in [-0.2, 0) is 16.0 Å². The van der Waals surface area contributed by atoms with E-state index in [0.717, 1.165) is 5.56 Å². The van der Waals surface area contributed by atoms with Crippen LogP contribution in [0.4, 0.5) is 4.79 Å². The number of rotatable bonds is 11. The van der Waals surface area contributed by atoms with E-state index < -0.39 is 41.2 Å². The van der Waals surface area contributed by atoms with E-state index in [9.17, 15) is 24.3 Å². The molecule has 0 bridgehead atoms. The molecule has 0 saturated heterocycles. The van der Waals surface area contributed by atoms with Crippen LogP contribution in [0.2, 0.25) is 0 Å². The lowest BCUT2D eigenvalue weighted by Crippen LogP contribution is -2.46. The minimum Gasteiger partial charge on any atom is -0.504 e. The lowest BCUT2D eigenvalue weighted by atomic mass is 10.0. The quantitative estimate of drug-likeness (QED) is 0.225. The predicted molar refractivity (Wildman–Crippen MR) is 148 cm³/mol. The van der Waals surface area contributed by atoms with Crippen LogP contribution in [0, 0.1) is 0 Å². The molecule has 1 aromatic carbocycles. The molecule has 0 radical (unpaired) electrons. The van der Waals surface area contributed by atoms with E-state index in [1.54, 1.807) is 51.1 Å². The largest absolute Gasteiger partial charge is 0.504 e. The second kappa shape index (κ2) is 13.4. The van der Waals surface area contributed by atoms with Crippen molar-refractivity contribution in [3.05, 3.63) is 65.6 Å². The van der Waals surface area contributed by atoms with Crippen LogP contribution in [0.25, 0.3) is 10.9 Å². The zero-order chi connectivity index (χ0) is 29.3. The fourth-order valence-corrected chi connectivity index (χ4v) is 3.79. The molecule has 2 aromatic heterocycles. The molecule has 212 valence electrons. The summed E-state index contributed by atoms with van der Waals surface area (Å²) in [7, 11) is 0. The van der Waals surface area contributed by atoms with Crippen LogP contribution in [0.15, 0.2) is 48.7 Å². The Bertz CT molecular complexity index is 1370. The van der Waals surface area contributed by atoms with Crippen LogP contribution < -0.4 is 21.7 Å². The molecule has 4 amide bonds. The third kappa shape index (κ3) is 8.38. The summed E-state index contributed by atoms with van der Waals surface area (Å²) < 4.78 is 5.17. The highest BCUT2D eigenvalue weighted by atomic mass is 16.6. The summed E-state index contributed by atoms with van der Waals surface area (Å²) >= 11 is 0. The van der Waals surface area contributed by atoms with Crippen molar-refractivity contribution in [2.45, 2.75) is 51.7 Å². The van der Waals surface area contributed by atoms with E-state index in [-0.39, 0.29) is 35.3 Å². The SMILES string of the molecule is CC(C)(C)OC(=O)NCCCCNC(=O)c1nc(C(=O)N[C@@H](Cc2ccccc2)C(N)=O)c2cccnc2c1O. The van der Waals surface area contributed by atoms with E-state index in [1.807, 2.05) is 6.07 Å². The molecule has 0 aliphatic carbocycles. The van der Waals surface area contributed by atoms with Crippen molar-refractivity contribution in [1.82, 2.24) is 25.9 Å². The standard InChI is InChI=1S/C28H34N6O6/c1-28(2,3)40-27(39)32-14-8-7-13-31-25(37)22-23(35)20-18(12-9-15-30-20)21(34-22)26(38)33-19(24(29)36)16-17-10-5-4-6-11-17/h4-6,9-12,15,19,35H,7-8,13-14,16H2,1-3H3,(H2,29,36)(H,31,37)(H,32,39)(H,33,38)/t19-/m0/s1. The molecule has 0 aliphatic heterocycles. The molecule has 0 aliphatic rings. The van der Waals surface area contributed by atoms with Crippen molar-refractivity contribution in [2.24, 2.45) is 5.73 Å². The first-order valence-electron chi connectivity index (χ1n) is 12.8. The number of ether oxygens (including phenoxy) is 1. The Labute approximate surface area is 231 Å². The van der Waals surface area contributed by atoms with E-state index >= 15 is 0 Å². The molecule has 12 nitrogen and oxygen atoms in total. The van der Waals surface area contributed by atoms with Crippen LogP contribution in [-0.4, -0.2) is 63.6 Å². The Morgan fingerprint density at radius 3 is 2.27 bits per heavy atom. The topological polar surface area (TPSA) is 186 Å². The van der Waals surface area contributed by atoms with Gasteiger partial charge in [0.25, 0.3) is 11.8 Å². The number of amides is 4. The Hall–Kier alpha value is -4.74. The van der Waals surface area contributed by atoms with Gasteiger partial charge in [0.15, 0.2) is 11.4 Å². The van der Waals surface area contributed by atoms with Crippen molar-refractivity contribution in [1.29, 1.82) is 0 Å². The summed E-state index contributed by atoms with van der Waals surface area (Å²) in [6, 6.07) is 11.1. The fourth-order valence-electron chi connectivity index (χ4n) is 3.79. The molecule has 3 rings (SSSR count). The first-order valence-corrected chi connectivity index (χ1v) is 12.8. The summed E-state index contributed by atoms with van der Waals surface area (Å²) in [5.41, 5.74) is 5.16. The molecular formula is C28H34N6O6. The number of nitrogens with two attached hydrogens (primary N) is 1. The van der Waals surface area contributed by atoms with E-state index in [1.165, 1.54) is 12.3 Å². The molecule has 0 saturated carbocycles. The maximum absolute atomic E-state index is 13.3. The van der Waals surface area contributed by atoms with Gasteiger partial charge in [-0.1, -0.05) is 30.3 Å². The number of pyridine rings is 2. The number of nitrogens with one attached hydrogen (secondary N) is 3. The van der Waals surface area contributed by atoms with Crippen molar-refractivity contribution < 1.29 is 29.0 Å². The number of unbranched alkanes of at least 4 members (excludes halogenated alkanes) is 1. The van der Waals surface area contributed by atoms with Gasteiger partial charge in [0, 0.05) is 31.1 Å². The highest BCUT2D eigenvalue weighted by Crippen LogP contribution is 2.28. The average Bonchev–Trinajstić information content (AvgIpc) is 2.90. The maximum Gasteiger partial charge on any atom is 0.407 e. The minimum atomic E-state index is -1.04. The third-order valence-corrected chi connectivity index (χ3v) is 5.65. The molecule has 0 spiro atoms. The van der Waals surface area contributed by atoms with Gasteiger partial charge in [-0.15, -0.1) is 0 Å². The minimum absolute atomic E-state index is 0.00745. The van der Waals surface area contributed by atoms with Gasteiger partial charge < -0.3 is 31.5 Å². The normalized spacial score (nSPS) is 11.9. The summed E-state index contributed by atoms with van der Waals surface area (Å²) in [4.78, 5) is 58.2. The predicted octanol–water partition coefficient (Wildman–Crippen LogP) is 2.20. The number of hydrogen-bond acceptors (Lipinski definition) is 8. The Kier molecular flexibility index (Phi) is 9.96.